The Kier molecular flexibility index (Phi) is 4.09. The molecule has 0 spiro atoms. The predicted octanol–water partition coefficient (Wildman–Crippen LogP) is 3.98. The number of isocyanates is 2. The number of aliphatic imine (C=N–C) groups is 2. The van der Waals surface area contributed by atoms with E-state index < -0.39 is 11.1 Å². The molecule has 0 radical (unpaired) electrons. The minimum absolute atomic E-state index is 0.601. The van der Waals surface area contributed by atoms with Gasteiger partial charge in [-0.3, -0.25) is 0 Å². The Morgan fingerprint density at radius 3 is 1.41 bits per heavy atom. The van der Waals surface area contributed by atoms with Crippen molar-refractivity contribution in [2.75, 3.05) is 0 Å². The van der Waals surface area contributed by atoms with Gasteiger partial charge in [0.25, 0.3) is 0 Å². The van der Waals surface area contributed by atoms with Gasteiger partial charge in [0.1, 0.15) is 0 Å². The van der Waals surface area contributed by atoms with Crippen LogP contribution in [0.15, 0.2) is 46.4 Å². The topological polar surface area (TPSA) is 58.9 Å². The maximum atomic E-state index is 10.5. The first-order valence-corrected chi connectivity index (χ1v) is 7.03. The van der Waals surface area contributed by atoms with Crippen molar-refractivity contribution in [3.05, 3.63) is 47.5 Å². The van der Waals surface area contributed by atoms with E-state index in [9.17, 15) is 9.59 Å². The van der Waals surface area contributed by atoms with Crippen LogP contribution in [0.5, 0.6) is 0 Å². The fourth-order valence-corrected chi connectivity index (χ4v) is 2.36. The SMILES string of the molecule is CC(C)(N=C=O)c1ccc2cc(C(C)(C)N=C=O)ccc2c1. The highest BCUT2D eigenvalue weighted by molar-refractivity contribution is 5.84. The summed E-state index contributed by atoms with van der Waals surface area (Å²) in [4.78, 5) is 28.8. The van der Waals surface area contributed by atoms with Crippen LogP contribution >= 0.6 is 0 Å². The molecule has 0 heterocycles. The van der Waals surface area contributed by atoms with Gasteiger partial charge in [0.15, 0.2) is 0 Å². The minimum Gasteiger partial charge on any atom is -0.211 e. The molecule has 0 amide bonds. The normalized spacial score (nSPS) is 11.6. The molecule has 2 rings (SSSR count). The second kappa shape index (κ2) is 5.69. The Morgan fingerprint density at radius 2 is 1.09 bits per heavy atom. The summed E-state index contributed by atoms with van der Waals surface area (Å²) in [7, 11) is 0. The summed E-state index contributed by atoms with van der Waals surface area (Å²) >= 11 is 0. The van der Waals surface area contributed by atoms with Crippen LogP contribution in [0.4, 0.5) is 0 Å². The Labute approximate surface area is 129 Å². The number of carbonyl (C=O) groups excluding carboxylic acids is 2. The summed E-state index contributed by atoms with van der Waals surface area (Å²) < 4.78 is 0. The van der Waals surface area contributed by atoms with E-state index in [1.807, 2.05) is 64.1 Å². The fraction of sp³-hybridized carbons (Fsp3) is 0.333. The van der Waals surface area contributed by atoms with Crippen molar-refractivity contribution in [1.82, 2.24) is 0 Å². The molecule has 0 aliphatic carbocycles. The second-order valence-corrected chi connectivity index (χ2v) is 6.30. The third-order valence-corrected chi connectivity index (χ3v) is 3.90. The van der Waals surface area contributed by atoms with E-state index in [0.717, 1.165) is 21.9 Å². The van der Waals surface area contributed by atoms with Crippen molar-refractivity contribution in [2.45, 2.75) is 38.8 Å². The first-order valence-electron chi connectivity index (χ1n) is 7.03. The van der Waals surface area contributed by atoms with Gasteiger partial charge < -0.3 is 0 Å². The van der Waals surface area contributed by atoms with Crippen LogP contribution in [0.3, 0.4) is 0 Å². The van der Waals surface area contributed by atoms with Crippen LogP contribution in [-0.2, 0) is 20.7 Å². The molecule has 0 bridgehead atoms. The van der Waals surface area contributed by atoms with Crippen molar-refractivity contribution < 1.29 is 9.59 Å². The van der Waals surface area contributed by atoms with Gasteiger partial charge in [0.05, 0.1) is 11.1 Å². The summed E-state index contributed by atoms with van der Waals surface area (Å²) in [5.41, 5.74) is 0.688. The van der Waals surface area contributed by atoms with E-state index in [0.29, 0.717) is 0 Å². The molecule has 0 saturated carbocycles. The summed E-state index contributed by atoms with van der Waals surface area (Å²) in [6.07, 6.45) is 3.25. The predicted molar refractivity (Wildman–Crippen MR) is 86.2 cm³/mol. The highest BCUT2D eigenvalue weighted by Gasteiger charge is 2.21. The van der Waals surface area contributed by atoms with Crippen LogP contribution < -0.4 is 0 Å². The molecule has 2 aromatic rings. The molecule has 4 nitrogen and oxygen atoms in total. The number of nitrogens with zero attached hydrogens (tertiary/aromatic N) is 2. The van der Waals surface area contributed by atoms with Gasteiger partial charge in [0, 0.05) is 0 Å². The number of fused-ring (bicyclic) bond motifs is 1. The monoisotopic (exact) mass is 294 g/mol. The lowest BCUT2D eigenvalue weighted by molar-refractivity contribution is 0.521. The lowest BCUT2D eigenvalue weighted by atomic mass is 9.89. The van der Waals surface area contributed by atoms with Gasteiger partial charge in [0.2, 0.25) is 12.2 Å². The molecule has 22 heavy (non-hydrogen) atoms. The summed E-state index contributed by atoms with van der Waals surface area (Å²) in [6, 6.07) is 11.9. The number of benzene rings is 2. The quantitative estimate of drug-likeness (QED) is 0.632. The standard InChI is InChI=1S/C18H18N2O2/c1-17(2,19-11-21)15-7-5-14-10-16(8-6-13(14)9-15)18(3,4)20-12-22/h5-10H,1-4H3. The molecule has 0 aromatic heterocycles. The first kappa shape index (κ1) is 15.8. The summed E-state index contributed by atoms with van der Waals surface area (Å²) in [6.45, 7) is 7.48. The molecule has 112 valence electrons. The van der Waals surface area contributed by atoms with Crippen LogP contribution in [0.2, 0.25) is 0 Å². The molecule has 0 atom stereocenters. The zero-order chi connectivity index (χ0) is 16.4. The second-order valence-electron chi connectivity index (χ2n) is 6.30. The van der Waals surface area contributed by atoms with Gasteiger partial charge in [-0.2, -0.15) is 9.98 Å². The lowest BCUT2D eigenvalue weighted by Crippen LogP contribution is -2.14. The van der Waals surface area contributed by atoms with Gasteiger partial charge in [-0.1, -0.05) is 24.3 Å². The van der Waals surface area contributed by atoms with E-state index in [-0.39, 0.29) is 0 Å². The van der Waals surface area contributed by atoms with E-state index in [1.165, 1.54) is 0 Å². The van der Waals surface area contributed by atoms with E-state index in [2.05, 4.69) is 9.98 Å². The minimum atomic E-state index is -0.601. The Morgan fingerprint density at radius 1 is 0.727 bits per heavy atom. The Hall–Kier alpha value is -2.54. The third kappa shape index (κ3) is 3.04. The maximum absolute atomic E-state index is 10.5. The van der Waals surface area contributed by atoms with Gasteiger partial charge >= 0.3 is 0 Å². The zero-order valence-corrected chi connectivity index (χ0v) is 13.2. The largest absolute Gasteiger partial charge is 0.235 e. The van der Waals surface area contributed by atoms with Crippen molar-refractivity contribution in [3.63, 3.8) is 0 Å². The number of hydrogen-bond acceptors (Lipinski definition) is 4. The molecular weight excluding hydrogens is 276 g/mol. The van der Waals surface area contributed by atoms with Crippen molar-refractivity contribution in [3.8, 4) is 0 Å². The maximum Gasteiger partial charge on any atom is 0.235 e. The summed E-state index contributed by atoms with van der Waals surface area (Å²) in [5.74, 6) is 0. The zero-order valence-electron chi connectivity index (χ0n) is 13.2. The van der Waals surface area contributed by atoms with E-state index in [1.54, 1.807) is 12.2 Å². The van der Waals surface area contributed by atoms with E-state index >= 15 is 0 Å². The van der Waals surface area contributed by atoms with Crippen molar-refractivity contribution >= 4 is 22.9 Å². The highest BCUT2D eigenvalue weighted by atomic mass is 16.1. The highest BCUT2D eigenvalue weighted by Crippen LogP contribution is 2.31. The average molecular weight is 294 g/mol. The molecule has 0 aliphatic rings. The molecular formula is C18H18N2O2. The number of hydrogen-bond donors (Lipinski definition) is 0. The Bertz CT molecular complexity index is 740. The van der Waals surface area contributed by atoms with Crippen molar-refractivity contribution in [2.24, 2.45) is 9.98 Å². The molecule has 0 unspecified atom stereocenters. The molecule has 4 heteroatoms. The van der Waals surface area contributed by atoms with Crippen molar-refractivity contribution in [1.29, 1.82) is 0 Å². The van der Waals surface area contributed by atoms with Gasteiger partial charge in [-0.25, -0.2) is 9.59 Å². The Balaban J connectivity index is 2.55. The number of rotatable bonds is 4. The molecule has 0 N–H and O–H groups in total. The first-order chi connectivity index (χ1) is 10.3. The van der Waals surface area contributed by atoms with Crippen LogP contribution in [-0.4, -0.2) is 12.2 Å². The molecule has 0 saturated heterocycles. The van der Waals surface area contributed by atoms with E-state index in [4.69, 9.17) is 0 Å². The van der Waals surface area contributed by atoms with Crippen LogP contribution in [0, 0.1) is 0 Å². The smallest absolute Gasteiger partial charge is 0.211 e. The molecule has 0 aliphatic heterocycles. The third-order valence-electron chi connectivity index (χ3n) is 3.90. The average Bonchev–Trinajstić information content (AvgIpc) is 2.46. The molecule has 2 aromatic carbocycles. The van der Waals surface area contributed by atoms with Gasteiger partial charge in [-0.15, -0.1) is 0 Å². The summed E-state index contributed by atoms with van der Waals surface area (Å²) in [5, 5.41) is 2.09. The molecule has 0 fully saturated rings. The van der Waals surface area contributed by atoms with Gasteiger partial charge in [-0.05, 0) is 61.7 Å². The van der Waals surface area contributed by atoms with Crippen LogP contribution in [0.25, 0.3) is 10.8 Å². The fourth-order valence-electron chi connectivity index (χ4n) is 2.36. The lowest BCUT2D eigenvalue weighted by Gasteiger charge is -2.20. The van der Waals surface area contributed by atoms with Crippen LogP contribution in [0.1, 0.15) is 38.8 Å².